The van der Waals surface area contributed by atoms with Crippen LogP contribution in [-0.2, 0) is 13.2 Å². The number of aromatic nitrogens is 2. The normalized spacial score (nSPS) is 14.3. The number of amides is 1. The summed E-state index contributed by atoms with van der Waals surface area (Å²) in [6.07, 6.45) is 2.46. The van der Waals surface area contributed by atoms with Crippen molar-refractivity contribution in [2.45, 2.75) is 32.1 Å². The quantitative estimate of drug-likeness (QED) is 0.825. The van der Waals surface area contributed by atoms with Crippen LogP contribution in [0.4, 0.5) is 0 Å². The van der Waals surface area contributed by atoms with E-state index in [4.69, 9.17) is 12.2 Å². The zero-order valence-electron chi connectivity index (χ0n) is 12.4. The fourth-order valence-electron chi connectivity index (χ4n) is 2.37. The highest BCUT2D eigenvalue weighted by Gasteiger charge is 2.29. The van der Waals surface area contributed by atoms with Gasteiger partial charge in [-0.3, -0.25) is 9.69 Å². The fraction of sp³-hybridized carbons (Fsp3) is 0.400. The molecule has 1 fully saturated rings. The van der Waals surface area contributed by atoms with Gasteiger partial charge in [-0.15, -0.1) is 0 Å². The number of hydrogen-bond donors (Lipinski definition) is 1. The molecule has 22 heavy (non-hydrogen) atoms. The Morgan fingerprint density at radius 3 is 2.73 bits per heavy atom. The third-order valence-corrected chi connectivity index (χ3v) is 4.87. The minimum atomic E-state index is -0.0561. The molecule has 7 heteroatoms. The first-order valence-electron chi connectivity index (χ1n) is 7.23. The lowest BCUT2D eigenvalue weighted by atomic mass is 10.1. The predicted octanol–water partition coefficient (Wildman–Crippen LogP) is 2.66. The molecular formula is C15H18N4OS2. The highest BCUT2D eigenvalue weighted by atomic mass is 32.1. The van der Waals surface area contributed by atoms with E-state index in [1.54, 1.807) is 12.6 Å². The molecule has 0 unspecified atom stereocenters. The van der Waals surface area contributed by atoms with Crippen LogP contribution in [-0.4, -0.2) is 33.7 Å². The van der Waals surface area contributed by atoms with Crippen molar-refractivity contribution in [3.8, 4) is 0 Å². The van der Waals surface area contributed by atoms with Crippen LogP contribution in [0.25, 0.3) is 0 Å². The Hall–Kier alpha value is -1.57. The molecule has 1 aromatic carbocycles. The molecule has 0 aliphatic heterocycles. The van der Waals surface area contributed by atoms with Gasteiger partial charge in [0.1, 0.15) is 5.51 Å². The summed E-state index contributed by atoms with van der Waals surface area (Å²) in [6.45, 7) is 1.57. The van der Waals surface area contributed by atoms with Crippen molar-refractivity contribution in [2.75, 3.05) is 7.05 Å². The zero-order chi connectivity index (χ0) is 15.5. The van der Waals surface area contributed by atoms with E-state index < -0.39 is 0 Å². The van der Waals surface area contributed by atoms with E-state index in [1.807, 2.05) is 28.9 Å². The summed E-state index contributed by atoms with van der Waals surface area (Å²) in [5.41, 5.74) is 3.67. The Balaban J connectivity index is 1.70. The van der Waals surface area contributed by atoms with Crippen LogP contribution < -0.4 is 5.32 Å². The van der Waals surface area contributed by atoms with Crippen molar-refractivity contribution in [3.05, 3.63) is 44.9 Å². The van der Waals surface area contributed by atoms with Crippen LogP contribution in [0.15, 0.2) is 29.8 Å². The lowest BCUT2D eigenvalue weighted by Gasteiger charge is -2.21. The fourth-order valence-corrected chi connectivity index (χ4v) is 3.09. The standard InChI is InChI=1S/C15H18N4OS2/c1-16-14(20)12-4-2-11(3-5-12)8-18(13-6-7-13)10-19-15(21)22-9-17-19/h2-5,9,13H,6-8,10H2,1H3,(H,16,20). The molecule has 2 aromatic rings. The van der Waals surface area contributed by atoms with E-state index in [0.717, 1.165) is 17.2 Å². The Morgan fingerprint density at radius 1 is 1.45 bits per heavy atom. The molecule has 0 spiro atoms. The summed E-state index contributed by atoms with van der Waals surface area (Å²) in [5.74, 6) is -0.0561. The van der Waals surface area contributed by atoms with Gasteiger partial charge in [0.05, 0.1) is 6.67 Å². The van der Waals surface area contributed by atoms with Gasteiger partial charge in [-0.1, -0.05) is 23.5 Å². The molecule has 1 saturated carbocycles. The van der Waals surface area contributed by atoms with Gasteiger partial charge >= 0.3 is 0 Å². The zero-order valence-corrected chi connectivity index (χ0v) is 14.0. The summed E-state index contributed by atoms with van der Waals surface area (Å²) in [6, 6.07) is 8.38. The maximum atomic E-state index is 11.6. The Morgan fingerprint density at radius 2 is 2.18 bits per heavy atom. The third-order valence-electron chi connectivity index (χ3n) is 3.76. The summed E-state index contributed by atoms with van der Waals surface area (Å²) < 4.78 is 2.68. The molecule has 1 aliphatic carbocycles. The van der Waals surface area contributed by atoms with Gasteiger partial charge in [-0.2, -0.15) is 5.10 Å². The van der Waals surface area contributed by atoms with Gasteiger partial charge in [0.25, 0.3) is 5.91 Å². The van der Waals surface area contributed by atoms with Crippen LogP contribution in [0.2, 0.25) is 0 Å². The number of nitrogens with zero attached hydrogens (tertiary/aromatic N) is 3. The third kappa shape index (κ3) is 3.60. The Bertz CT molecular complexity index is 703. The van der Waals surface area contributed by atoms with E-state index in [1.165, 1.54) is 29.7 Å². The molecule has 1 aliphatic rings. The molecule has 1 amide bonds. The monoisotopic (exact) mass is 334 g/mol. The number of rotatable bonds is 6. The average molecular weight is 334 g/mol. The molecule has 1 aromatic heterocycles. The smallest absolute Gasteiger partial charge is 0.251 e. The van der Waals surface area contributed by atoms with E-state index in [9.17, 15) is 4.79 Å². The molecule has 0 bridgehead atoms. The van der Waals surface area contributed by atoms with Crippen LogP contribution in [0.3, 0.4) is 0 Å². The minimum absolute atomic E-state index is 0.0561. The highest BCUT2D eigenvalue weighted by Crippen LogP contribution is 2.29. The van der Waals surface area contributed by atoms with Gasteiger partial charge in [0.15, 0.2) is 3.95 Å². The highest BCUT2D eigenvalue weighted by molar-refractivity contribution is 7.73. The van der Waals surface area contributed by atoms with Crippen molar-refractivity contribution < 1.29 is 4.79 Å². The van der Waals surface area contributed by atoms with E-state index in [-0.39, 0.29) is 5.91 Å². The number of carbonyl (C=O) groups is 1. The largest absolute Gasteiger partial charge is 0.355 e. The number of nitrogens with one attached hydrogen (secondary N) is 1. The van der Waals surface area contributed by atoms with Crippen LogP contribution in [0.5, 0.6) is 0 Å². The van der Waals surface area contributed by atoms with Gasteiger partial charge in [-0.25, -0.2) is 4.68 Å². The SMILES string of the molecule is CNC(=O)c1ccc(CN(Cn2ncsc2=S)C2CC2)cc1. The maximum Gasteiger partial charge on any atom is 0.251 e. The summed E-state index contributed by atoms with van der Waals surface area (Å²) in [5, 5.41) is 6.93. The number of benzene rings is 1. The lowest BCUT2D eigenvalue weighted by Crippen LogP contribution is -2.28. The summed E-state index contributed by atoms with van der Waals surface area (Å²) in [7, 11) is 1.64. The Labute approximate surface area is 138 Å². The second-order valence-corrected chi connectivity index (χ2v) is 6.88. The number of hydrogen-bond acceptors (Lipinski definition) is 5. The topological polar surface area (TPSA) is 50.2 Å². The first-order valence-corrected chi connectivity index (χ1v) is 8.52. The van der Waals surface area contributed by atoms with Crippen molar-refractivity contribution in [3.63, 3.8) is 0 Å². The number of carbonyl (C=O) groups excluding carboxylic acids is 1. The van der Waals surface area contributed by atoms with Crippen LogP contribution >= 0.6 is 23.6 Å². The van der Waals surface area contributed by atoms with E-state index >= 15 is 0 Å². The van der Waals surface area contributed by atoms with E-state index in [2.05, 4.69) is 15.3 Å². The first-order chi connectivity index (χ1) is 10.7. The molecule has 0 atom stereocenters. The van der Waals surface area contributed by atoms with Gasteiger partial charge in [-0.05, 0) is 42.8 Å². The van der Waals surface area contributed by atoms with Crippen molar-refractivity contribution >= 4 is 29.5 Å². The Kier molecular flexibility index (Phi) is 4.66. The van der Waals surface area contributed by atoms with Crippen LogP contribution in [0.1, 0.15) is 28.8 Å². The predicted molar refractivity (Wildman–Crippen MR) is 89.3 cm³/mol. The second-order valence-electron chi connectivity index (χ2n) is 5.40. The van der Waals surface area contributed by atoms with Gasteiger partial charge in [0, 0.05) is 25.2 Å². The molecule has 0 saturated heterocycles. The minimum Gasteiger partial charge on any atom is -0.355 e. The molecule has 1 N–H and O–H groups in total. The van der Waals surface area contributed by atoms with Gasteiger partial charge < -0.3 is 5.32 Å². The van der Waals surface area contributed by atoms with Crippen LogP contribution in [0, 0.1) is 3.95 Å². The summed E-state index contributed by atoms with van der Waals surface area (Å²) >= 11 is 6.77. The van der Waals surface area contributed by atoms with Crippen molar-refractivity contribution in [2.24, 2.45) is 0 Å². The van der Waals surface area contributed by atoms with Gasteiger partial charge in [0.2, 0.25) is 0 Å². The lowest BCUT2D eigenvalue weighted by molar-refractivity contribution is 0.0963. The first kappa shape index (κ1) is 15.3. The average Bonchev–Trinajstić information content (AvgIpc) is 3.31. The molecule has 0 radical (unpaired) electrons. The summed E-state index contributed by atoms with van der Waals surface area (Å²) in [4.78, 5) is 14.0. The molecule has 5 nitrogen and oxygen atoms in total. The van der Waals surface area contributed by atoms with Crippen molar-refractivity contribution in [1.82, 2.24) is 20.0 Å². The molecule has 116 valence electrons. The second kappa shape index (κ2) is 6.68. The molecule has 1 heterocycles. The van der Waals surface area contributed by atoms with Crippen molar-refractivity contribution in [1.29, 1.82) is 0 Å². The van der Waals surface area contributed by atoms with E-state index in [0.29, 0.717) is 11.6 Å². The molecule has 3 rings (SSSR count). The molecular weight excluding hydrogens is 316 g/mol. The maximum absolute atomic E-state index is 11.6.